The number of rotatable bonds is 4. The van der Waals surface area contributed by atoms with E-state index in [9.17, 15) is 4.79 Å². The van der Waals surface area contributed by atoms with Gasteiger partial charge in [-0.25, -0.2) is 0 Å². The van der Waals surface area contributed by atoms with Gasteiger partial charge >= 0.3 is 5.97 Å². The van der Waals surface area contributed by atoms with Crippen LogP contribution in [0.25, 0.3) is 0 Å². The first-order chi connectivity index (χ1) is 5.74. The lowest BCUT2D eigenvalue weighted by molar-refractivity contribution is -0.145. The molecule has 0 aromatic carbocycles. The average molecular weight is 171 g/mol. The molecule has 0 atom stereocenters. The zero-order chi connectivity index (χ0) is 8.97. The first-order valence-electron chi connectivity index (χ1n) is 4.60. The van der Waals surface area contributed by atoms with Crippen LogP contribution in [0.1, 0.15) is 26.2 Å². The van der Waals surface area contributed by atoms with Gasteiger partial charge < -0.3 is 4.74 Å². The van der Waals surface area contributed by atoms with Gasteiger partial charge in [0.15, 0.2) is 0 Å². The number of hydrogen-bond acceptors (Lipinski definition) is 3. The van der Waals surface area contributed by atoms with Gasteiger partial charge in [0.05, 0.1) is 13.2 Å². The Morgan fingerprint density at radius 1 is 1.58 bits per heavy atom. The van der Waals surface area contributed by atoms with Gasteiger partial charge in [0.2, 0.25) is 0 Å². The Morgan fingerprint density at radius 3 is 2.67 bits per heavy atom. The summed E-state index contributed by atoms with van der Waals surface area (Å²) in [5.74, 6) is -0.105. The summed E-state index contributed by atoms with van der Waals surface area (Å²) in [5, 5.41) is 0. The predicted octanol–water partition coefficient (Wildman–Crippen LogP) is 1.03. The van der Waals surface area contributed by atoms with Crippen molar-refractivity contribution >= 4 is 5.97 Å². The fraction of sp³-hybridized carbons (Fsp3) is 0.889. The van der Waals surface area contributed by atoms with Crippen molar-refractivity contribution < 1.29 is 9.53 Å². The zero-order valence-electron chi connectivity index (χ0n) is 7.88. The van der Waals surface area contributed by atoms with E-state index >= 15 is 0 Å². The van der Waals surface area contributed by atoms with E-state index in [2.05, 4.69) is 4.90 Å². The molecule has 0 unspecified atom stereocenters. The Balaban J connectivity index is 2.15. The molecule has 1 fully saturated rings. The quantitative estimate of drug-likeness (QED) is 0.592. The SMILES string of the molecule is CCOC(=O)CN(C)C1CCC1. The van der Waals surface area contributed by atoms with Crippen LogP contribution < -0.4 is 0 Å². The van der Waals surface area contributed by atoms with Gasteiger partial charge in [-0.05, 0) is 26.8 Å². The number of carbonyl (C=O) groups excluding carboxylic acids is 1. The summed E-state index contributed by atoms with van der Waals surface area (Å²) in [6.45, 7) is 2.76. The first-order valence-corrected chi connectivity index (χ1v) is 4.60. The molecule has 3 heteroatoms. The average Bonchev–Trinajstić information content (AvgIpc) is 1.82. The molecular weight excluding hydrogens is 154 g/mol. The van der Waals surface area contributed by atoms with Gasteiger partial charge in [-0.3, -0.25) is 9.69 Å². The standard InChI is InChI=1S/C9H17NO2/c1-3-12-9(11)7-10(2)8-5-4-6-8/h8H,3-7H2,1-2H3. The third kappa shape index (κ3) is 2.48. The molecule has 70 valence electrons. The molecule has 0 bridgehead atoms. The van der Waals surface area contributed by atoms with Crippen molar-refractivity contribution in [3.63, 3.8) is 0 Å². The highest BCUT2D eigenvalue weighted by Gasteiger charge is 2.23. The van der Waals surface area contributed by atoms with Gasteiger partial charge in [-0.2, -0.15) is 0 Å². The Hall–Kier alpha value is -0.570. The van der Waals surface area contributed by atoms with E-state index in [1.54, 1.807) is 0 Å². The van der Waals surface area contributed by atoms with E-state index in [0.717, 1.165) is 0 Å². The Bertz CT molecular complexity index is 155. The molecule has 0 saturated heterocycles. The third-order valence-electron chi connectivity index (χ3n) is 2.38. The third-order valence-corrected chi connectivity index (χ3v) is 2.38. The molecule has 0 N–H and O–H groups in total. The van der Waals surface area contributed by atoms with Crippen LogP contribution in [0.5, 0.6) is 0 Å². The second kappa shape index (κ2) is 4.45. The van der Waals surface area contributed by atoms with Crippen LogP contribution >= 0.6 is 0 Å². The molecule has 1 saturated carbocycles. The molecule has 1 rings (SSSR count). The molecule has 0 aromatic rings. The number of hydrogen-bond donors (Lipinski definition) is 0. The molecule has 0 radical (unpaired) electrons. The highest BCUT2D eigenvalue weighted by molar-refractivity contribution is 5.71. The maximum Gasteiger partial charge on any atom is 0.320 e. The van der Waals surface area contributed by atoms with Gasteiger partial charge in [0.25, 0.3) is 0 Å². The summed E-state index contributed by atoms with van der Waals surface area (Å²) < 4.78 is 4.85. The van der Waals surface area contributed by atoms with Crippen LogP contribution in [0, 0.1) is 0 Å². The molecule has 0 amide bonds. The fourth-order valence-corrected chi connectivity index (χ4v) is 1.37. The van der Waals surface area contributed by atoms with Crippen molar-refractivity contribution in [2.75, 3.05) is 20.2 Å². The van der Waals surface area contributed by atoms with Gasteiger partial charge in [-0.15, -0.1) is 0 Å². The predicted molar refractivity (Wildman–Crippen MR) is 46.9 cm³/mol. The minimum Gasteiger partial charge on any atom is -0.465 e. The Kier molecular flexibility index (Phi) is 3.53. The number of carbonyl (C=O) groups is 1. The molecule has 0 heterocycles. The molecule has 3 nitrogen and oxygen atoms in total. The largest absolute Gasteiger partial charge is 0.465 e. The second-order valence-electron chi connectivity index (χ2n) is 3.30. The minimum absolute atomic E-state index is 0.105. The summed E-state index contributed by atoms with van der Waals surface area (Å²) in [5.41, 5.74) is 0. The van der Waals surface area contributed by atoms with Crippen LogP contribution in [0.4, 0.5) is 0 Å². The summed E-state index contributed by atoms with van der Waals surface area (Å²) in [6, 6.07) is 0.620. The number of nitrogens with zero attached hydrogens (tertiary/aromatic N) is 1. The highest BCUT2D eigenvalue weighted by Crippen LogP contribution is 2.23. The van der Waals surface area contributed by atoms with E-state index in [4.69, 9.17) is 4.74 Å². The zero-order valence-corrected chi connectivity index (χ0v) is 7.88. The van der Waals surface area contributed by atoms with Crippen molar-refractivity contribution in [1.29, 1.82) is 0 Å². The van der Waals surface area contributed by atoms with E-state index in [1.165, 1.54) is 19.3 Å². The van der Waals surface area contributed by atoms with Crippen molar-refractivity contribution in [2.24, 2.45) is 0 Å². The lowest BCUT2D eigenvalue weighted by Gasteiger charge is -2.33. The van der Waals surface area contributed by atoms with Crippen LogP contribution in [0.2, 0.25) is 0 Å². The van der Waals surface area contributed by atoms with Gasteiger partial charge in [0, 0.05) is 6.04 Å². The highest BCUT2D eigenvalue weighted by atomic mass is 16.5. The van der Waals surface area contributed by atoms with E-state index in [-0.39, 0.29) is 5.97 Å². The normalized spacial score (nSPS) is 17.6. The van der Waals surface area contributed by atoms with Crippen molar-refractivity contribution in [2.45, 2.75) is 32.2 Å². The maximum atomic E-state index is 11.0. The van der Waals surface area contributed by atoms with Crippen LogP contribution in [0.3, 0.4) is 0 Å². The van der Waals surface area contributed by atoms with Gasteiger partial charge in [0.1, 0.15) is 0 Å². The topological polar surface area (TPSA) is 29.5 Å². The molecule has 1 aliphatic rings. The smallest absolute Gasteiger partial charge is 0.320 e. The Labute approximate surface area is 73.7 Å². The molecule has 0 spiro atoms. The summed E-state index contributed by atoms with van der Waals surface area (Å²) >= 11 is 0. The summed E-state index contributed by atoms with van der Waals surface area (Å²) in [6.07, 6.45) is 3.77. The van der Waals surface area contributed by atoms with E-state index < -0.39 is 0 Å². The fourth-order valence-electron chi connectivity index (χ4n) is 1.37. The first kappa shape index (κ1) is 9.52. The summed E-state index contributed by atoms with van der Waals surface area (Å²) in [7, 11) is 1.99. The maximum absolute atomic E-state index is 11.0. The molecule has 0 aromatic heterocycles. The molecular formula is C9H17NO2. The van der Waals surface area contributed by atoms with Crippen LogP contribution in [0.15, 0.2) is 0 Å². The monoisotopic (exact) mass is 171 g/mol. The summed E-state index contributed by atoms with van der Waals surface area (Å²) in [4.78, 5) is 13.1. The number of likely N-dealkylation sites (N-methyl/N-ethyl adjacent to an activating group) is 1. The molecule has 1 aliphatic carbocycles. The minimum atomic E-state index is -0.105. The van der Waals surface area contributed by atoms with Gasteiger partial charge in [-0.1, -0.05) is 6.42 Å². The lowest BCUT2D eigenvalue weighted by atomic mass is 9.92. The lowest BCUT2D eigenvalue weighted by Crippen LogP contribution is -2.40. The van der Waals surface area contributed by atoms with Crippen molar-refractivity contribution in [1.82, 2.24) is 4.90 Å². The molecule has 12 heavy (non-hydrogen) atoms. The van der Waals surface area contributed by atoms with Crippen LogP contribution in [-0.4, -0.2) is 37.1 Å². The number of ether oxygens (including phenoxy) is 1. The second-order valence-corrected chi connectivity index (χ2v) is 3.30. The molecule has 0 aliphatic heterocycles. The van der Waals surface area contributed by atoms with Crippen LogP contribution in [-0.2, 0) is 9.53 Å². The van der Waals surface area contributed by atoms with Crippen molar-refractivity contribution in [3.05, 3.63) is 0 Å². The number of esters is 1. The van der Waals surface area contributed by atoms with E-state index in [0.29, 0.717) is 19.2 Å². The van der Waals surface area contributed by atoms with Crippen molar-refractivity contribution in [3.8, 4) is 0 Å². The Morgan fingerprint density at radius 2 is 2.25 bits per heavy atom. The van der Waals surface area contributed by atoms with E-state index in [1.807, 2.05) is 14.0 Å².